The fraction of sp³-hybridized carbons (Fsp3) is 0.952. The van der Waals surface area contributed by atoms with Crippen molar-refractivity contribution < 1.29 is 0 Å². The minimum atomic E-state index is 0.343. The minimum absolute atomic E-state index is 0.343. The Balaban J connectivity index is 1.62. The van der Waals surface area contributed by atoms with Crippen LogP contribution in [0.2, 0.25) is 0 Å². The topological polar surface area (TPSA) is 23.8 Å². The van der Waals surface area contributed by atoms with E-state index in [9.17, 15) is 5.26 Å². The van der Waals surface area contributed by atoms with Crippen LogP contribution in [0.4, 0.5) is 0 Å². The van der Waals surface area contributed by atoms with Crippen LogP contribution in [0.25, 0.3) is 0 Å². The van der Waals surface area contributed by atoms with E-state index in [4.69, 9.17) is 0 Å². The summed E-state index contributed by atoms with van der Waals surface area (Å²) < 4.78 is 0. The number of hydrogen-bond donors (Lipinski definition) is 0. The molecule has 8 atom stereocenters. The van der Waals surface area contributed by atoms with Crippen molar-refractivity contribution >= 4 is 0 Å². The van der Waals surface area contributed by atoms with Crippen LogP contribution in [-0.4, -0.2) is 0 Å². The van der Waals surface area contributed by atoms with Gasteiger partial charge in [0.25, 0.3) is 0 Å². The van der Waals surface area contributed by atoms with E-state index < -0.39 is 0 Å². The van der Waals surface area contributed by atoms with E-state index in [0.717, 1.165) is 29.6 Å². The number of hydrogen-bond acceptors (Lipinski definition) is 1. The zero-order chi connectivity index (χ0) is 15.5. The van der Waals surface area contributed by atoms with Gasteiger partial charge in [-0.05, 0) is 91.8 Å². The number of fused-ring (bicyclic) bond motifs is 5. The summed E-state index contributed by atoms with van der Waals surface area (Å²) in [4.78, 5) is 0. The maximum absolute atomic E-state index is 9.58. The zero-order valence-electron chi connectivity index (χ0n) is 14.8. The molecule has 0 heterocycles. The van der Waals surface area contributed by atoms with Crippen LogP contribution in [0, 0.1) is 57.7 Å². The van der Waals surface area contributed by atoms with Crippen molar-refractivity contribution in [1.82, 2.24) is 0 Å². The molecular weight excluding hydrogens is 266 g/mol. The molecule has 0 amide bonds. The quantitative estimate of drug-likeness (QED) is 0.554. The lowest BCUT2D eigenvalue weighted by Gasteiger charge is -2.60. The van der Waals surface area contributed by atoms with E-state index in [-0.39, 0.29) is 0 Å². The van der Waals surface area contributed by atoms with E-state index in [1.54, 1.807) is 0 Å². The average molecular weight is 300 g/mol. The fourth-order valence-corrected chi connectivity index (χ4v) is 7.68. The second-order valence-corrected chi connectivity index (χ2v) is 9.84. The highest BCUT2D eigenvalue weighted by Crippen LogP contribution is 2.67. The summed E-state index contributed by atoms with van der Waals surface area (Å²) in [6.45, 7) is 7.59. The van der Waals surface area contributed by atoms with Gasteiger partial charge < -0.3 is 0 Å². The molecule has 0 radical (unpaired) electrons. The Labute approximate surface area is 136 Å². The SMILES string of the molecule is C[C@H]1CC[C@@]2(C)[C@@H](CC[C@@H]3[C@@H]2CC[C@]2(C)[C@@H](C#N)CC[C@@H]32)C1. The Morgan fingerprint density at radius 2 is 1.59 bits per heavy atom. The monoisotopic (exact) mass is 299 g/mol. The van der Waals surface area contributed by atoms with Crippen molar-refractivity contribution in [3.05, 3.63) is 0 Å². The Morgan fingerprint density at radius 3 is 2.36 bits per heavy atom. The fourth-order valence-electron chi connectivity index (χ4n) is 7.68. The van der Waals surface area contributed by atoms with E-state index in [0.29, 0.717) is 16.7 Å². The maximum atomic E-state index is 9.58. The molecule has 1 nitrogen and oxygen atoms in total. The second kappa shape index (κ2) is 4.99. The third-order valence-corrected chi connectivity index (χ3v) is 9.08. The molecule has 4 fully saturated rings. The normalized spacial score (nSPS) is 57.4. The Hall–Kier alpha value is -0.510. The maximum Gasteiger partial charge on any atom is 0.0661 e. The van der Waals surface area contributed by atoms with E-state index in [2.05, 4.69) is 26.8 Å². The van der Waals surface area contributed by atoms with E-state index in [1.165, 1.54) is 57.8 Å². The van der Waals surface area contributed by atoms with Crippen LogP contribution < -0.4 is 0 Å². The van der Waals surface area contributed by atoms with Gasteiger partial charge in [-0.15, -0.1) is 0 Å². The predicted molar refractivity (Wildman–Crippen MR) is 90.0 cm³/mol. The van der Waals surface area contributed by atoms with Gasteiger partial charge in [-0.1, -0.05) is 27.2 Å². The lowest BCUT2D eigenvalue weighted by Crippen LogP contribution is -2.53. The van der Waals surface area contributed by atoms with Crippen LogP contribution in [0.3, 0.4) is 0 Å². The molecule has 0 aromatic carbocycles. The molecule has 0 N–H and O–H groups in total. The molecule has 0 spiro atoms. The summed E-state index contributed by atoms with van der Waals surface area (Å²) in [6.07, 6.45) is 12.6. The largest absolute Gasteiger partial charge is 0.198 e. The highest BCUT2D eigenvalue weighted by Gasteiger charge is 2.60. The molecule has 22 heavy (non-hydrogen) atoms. The highest BCUT2D eigenvalue weighted by molar-refractivity contribution is 5.12. The van der Waals surface area contributed by atoms with Gasteiger partial charge in [0.2, 0.25) is 0 Å². The number of rotatable bonds is 0. The minimum Gasteiger partial charge on any atom is -0.198 e. The van der Waals surface area contributed by atoms with Gasteiger partial charge in [0.15, 0.2) is 0 Å². The van der Waals surface area contributed by atoms with Gasteiger partial charge in [-0.25, -0.2) is 0 Å². The van der Waals surface area contributed by atoms with E-state index in [1.807, 2.05) is 0 Å². The van der Waals surface area contributed by atoms with Gasteiger partial charge in [-0.3, -0.25) is 0 Å². The van der Waals surface area contributed by atoms with E-state index >= 15 is 0 Å². The van der Waals surface area contributed by atoms with Crippen molar-refractivity contribution in [2.45, 2.75) is 78.6 Å². The summed E-state index contributed by atoms with van der Waals surface area (Å²) in [5, 5.41) is 9.58. The molecule has 0 aromatic heterocycles. The third-order valence-electron chi connectivity index (χ3n) is 9.08. The van der Waals surface area contributed by atoms with Gasteiger partial charge in [-0.2, -0.15) is 5.26 Å². The molecule has 0 aliphatic heterocycles. The van der Waals surface area contributed by atoms with Gasteiger partial charge in [0, 0.05) is 0 Å². The smallest absolute Gasteiger partial charge is 0.0661 e. The summed E-state index contributed by atoms with van der Waals surface area (Å²) in [5.74, 6) is 5.05. The number of nitriles is 1. The molecule has 0 aromatic rings. The lowest BCUT2D eigenvalue weighted by atomic mass is 9.44. The van der Waals surface area contributed by atoms with Crippen LogP contribution >= 0.6 is 0 Å². The van der Waals surface area contributed by atoms with Crippen molar-refractivity contribution in [3.63, 3.8) is 0 Å². The third kappa shape index (κ3) is 1.88. The molecule has 4 aliphatic carbocycles. The lowest BCUT2D eigenvalue weighted by molar-refractivity contribution is -0.113. The summed E-state index contributed by atoms with van der Waals surface area (Å²) >= 11 is 0. The molecule has 1 heteroatoms. The van der Waals surface area contributed by atoms with Gasteiger partial charge in [0.05, 0.1) is 12.0 Å². The summed E-state index contributed by atoms with van der Waals surface area (Å²) in [7, 11) is 0. The molecule has 4 aliphatic rings. The zero-order valence-corrected chi connectivity index (χ0v) is 14.8. The molecule has 0 saturated heterocycles. The van der Waals surface area contributed by atoms with Crippen molar-refractivity contribution in [3.8, 4) is 6.07 Å². The van der Waals surface area contributed by atoms with Crippen molar-refractivity contribution in [2.24, 2.45) is 46.3 Å². The average Bonchev–Trinajstić information content (AvgIpc) is 2.84. The first-order valence-electron chi connectivity index (χ1n) is 9.88. The second-order valence-electron chi connectivity index (χ2n) is 9.84. The molecular formula is C21H33N. The van der Waals surface area contributed by atoms with Crippen LogP contribution in [0.15, 0.2) is 0 Å². The molecule has 4 saturated carbocycles. The first kappa shape index (κ1) is 15.0. The first-order valence-corrected chi connectivity index (χ1v) is 9.88. The summed E-state index contributed by atoms with van der Waals surface area (Å²) in [6, 6.07) is 2.67. The van der Waals surface area contributed by atoms with Crippen LogP contribution in [0.1, 0.15) is 78.6 Å². The molecule has 122 valence electrons. The first-order chi connectivity index (χ1) is 10.5. The van der Waals surface area contributed by atoms with Crippen LogP contribution in [-0.2, 0) is 0 Å². The molecule has 0 unspecified atom stereocenters. The van der Waals surface area contributed by atoms with Gasteiger partial charge in [0.1, 0.15) is 0 Å². The van der Waals surface area contributed by atoms with Crippen molar-refractivity contribution in [1.29, 1.82) is 5.26 Å². The Bertz CT molecular complexity index is 491. The number of nitrogens with zero attached hydrogens (tertiary/aromatic N) is 1. The van der Waals surface area contributed by atoms with Crippen LogP contribution in [0.5, 0.6) is 0 Å². The van der Waals surface area contributed by atoms with Gasteiger partial charge >= 0.3 is 0 Å². The Morgan fingerprint density at radius 1 is 0.864 bits per heavy atom. The van der Waals surface area contributed by atoms with Crippen molar-refractivity contribution in [2.75, 3.05) is 0 Å². The molecule has 0 bridgehead atoms. The molecule has 4 rings (SSSR count). The Kier molecular flexibility index (Phi) is 3.41. The highest BCUT2D eigenvalue weighted by atomic mass is 14.6. The predicted octanol–water partition coefficient (Wildman–Crippen LogP) is 5.80. The summed E-state index contributed by atoms with van der Waals surface area (Å²) in [5.41, 5.74) is 0.975. The standard InChI is InChI=1S/C21H33N/c1-14-8-10-20(2)15(12-14)4-6-17-18-7-5-16(13-22)21(18,3)11-9-19(17)20/h14-19H,4-12H2,1-3H3/t14-,15-,16+,17-,18-,19-,20-,21+/m0/s1.